The van der Waals surface area contributed by atoms with Gasteiger partial charge in [-0.25, -0.2) is 4.21 Å². The van der Waals surface area contributed by atoms with E-state index in [1.54, 1.807) is 0 Å². The van der Waals surface area contributed by atoms with Crippen LogP contribution in [0.2, 0.25) is 0 Å². The molecular weight excluding hydrogens is 142 g/mol. The Balaban J connectivity index is 0. The van der Waals surface area contributed by atoms with Crippen molar-refractivity contribution in [3.63, 3.8) is 0 Å². The Morgan fingerprint density at radius 2 is 2.11 bits per heavy atom. The van der Waals surface area contributed by atoms with Gasteiger partial charge in [-0.3, -0.25) is 0 Å². The topological polar surface area (TPSA) is 84.4 Å². The zero-order valence-electron chi connectivity index (χ0n) is 5.62. The fourth-order valence-electron chi connectivity index (χ4n) is 0.192. The highest BCUT2D eigenvalue weighted by atomic mass is 32.2. The maximum Gasteiger partial charge on any atom is 0.0842 e. The molecule has 0 spiro atoms. The molecule has 0 radical (unpaired) electrons. The van der Waals surface area contributed by atoms with Crippen molar-refractivity contribution in [2.75, 3.05) is 6.61 Å². The van der Waals surface area contributed by atoms with Crippen LogP contribution in [-0.4, -0.2) is 15.4 Å². The number of rotatable bonds is 3. The highest BCUT2D eigenvalue weighted by molar-refractivity contribution is 7.74. The van der Waals surface area contributed by atoms with Gasteiger partial charge in [0.1, 0.15) is 0 Å². The van der Waals surface area contributed by atoms with Crippen molar-refractivity contribution in [2.45, 2.75) is 13.8 Å². The van der Waals surface area contributed by atoms with Crippen LogP contribution in [0, 0.1) is 5.92 Å². The van der Waals surface area contributed by atoms with E-state index in [1.165, 1.54) is 0 Å². The van der Waals surface area contributed by atoms with Crippen molar-refractivity contribution in [1.82, 2.24) is 6.15 Å². The molecule has 9 heavy (non-hydrogen) atoms. The van der Waals surface area contributed by atoms with E-state index in [-0.39, 0.29) is 18.7 Å². The van der Waals surface area contributed by atoms with Crippen LogP contribution in [0.25, 0.3) is 0 Å². The van der Waals surface area contributed by atoms with E-state index in [0.717, 1.165) is 0 Å². The van der Waals surface area contributed by atoms with Gasteiger partial charge in [0, 0.05) is 0 Å². The van der Waals surface area contributed by atoms with Crippen LogP contribution < -0.4 is 6.15 Å². The predicted octanol–water partition coefficient (Wildman–Crippen LogP) is 0.615. The number of hydrogen-bond donors (Lipinski definition) is 1. The van der Waals surface area contributed by atoms with Gasteiger partial charge in [-0.05, 0) is 5.92 Å². The minimum atomic E-state index is -2.34. The maximum absolute atomic E-state index is 9.68. The second-order valence-electron chi connectivity index (χ2n) is 1.88. The zero-order chi connectivity index (χ0) is 6.57. The first-order chi connectivity index (χ1) is 3.63. The molecule has 0 fully saturated rings. The second-order valence-corrected chi connectivity index (χ2v) is 2.53. The quantitative estimate of drug-likeness (QED) is 0.604. The minimum absolute atomic E-state index is 0. The van der Waals surface area contributed by atoms with Crippen LogP contribution in [-0.2, 0) is 15.5 Å². The molecule has 3 N–H and O–H groups in total. The third kappa shape index (κ3) is 11.5. The van der Waals surface area contributed by atoms with Gasteiger partial charge in [0.2, 0.25) is 0 Å². The van der Waals surface area contributed by atoms with E-state index in [1.807, 2.05) is 13.8 Å². The second kappa shape index (κ2) is 6.15. The lowest BCUT2D eigenvalue weighted by atomic mass is 10.2. The maximum atomic E-state index is 9.68. The lowest BCUT2D eigenvalue weighted by molar-refractivity contribution is 0.263. The Morgan fingerprint density at radius 1 is 1.67 bits per heavy atom. The van der Waals surface area contributed by atoms with Gasteiger partial charge in [-0.2, -0.15) is 0 Å². The van der Waals surface area contributed by atoms with Crippen LogP contribution in [0.1, 0.15) is 13.8 Å². The van der Waals surface area contributed by atoms with Crippen LogP contribution in [0.15, 0.2) is 0 Å². The van der Waals surface area contributed by atoms with Crippen molar-refractivity contribution in [1.29, 1.82) is 0 Å². The zero-order valence-corrected chi connectivity index (χ0v) is 6.44. The van der Waals surface area contributed by atoms with Crippen LogP contribution in [0.5, 0.6) is 0 Å². The molecule has 0 saturated carbocycles. The Morgan fingerprint density at radius 3 is 2.22 bits per heavy atom. The summed E-state index contributed by atoms with van der Waals surface area (Å²) in [6.45, 7) is 4.04. The molecule has 4 nitrogen and oxygen atoms in total. The SMILES string of the molecule is CC(C)COS(=O)[O-].N. The molecule has 0 aromatic rings. The fourth-order valence-corrected chi connectivity index (χ4v) is 0.575. The van der Waals surface area contributed by atoms with Gasteiger partial charge in [-0.15, -0.1) is 0 Å². The van der Waals surface area contributed by atoms with Crippen molar-refractivity contribution >= 4 is 11.4 Å². The molecule has 0 aromatic heterocycles. The smallest absolute Gasteiger partial charge is 0.0842 e. The Bertz CT molecular complexity index is 85.9. The number of hydrogen-bond acceptors (Lipinski definition) is 4. The van der Waals surface area contributed by atoms with Gasteiger partial charge in [0.05, 0.1) is 18.0 Å². The highest BCUT2D eigenvalue weighted by Gasteiger charge is 1.90. The first-order valence-electron chi connectivity index (χ1n) is 2.35. The lowest BCUT2D eigenvalue weighted by Gasteiger charge is -2.06. The normalized spacial score (nSPS) is 12.9. The summed E-state index contributed by atoms with van der Waals surface area (Å²) < 4.78 is 23.6. The van der Waals surface area contributed by atoms with Gasteiger partial charge in [0.15, 0.2) is 0 Å². The van der Waals surface area contributed by atoms with E-state index in [4.69, 9.17) is 0 Å². The molecule has 0 saturated heterocycles. The van der Waals surface area contributed by atoms with Crippen molar-refractivity contribution in [2.24, 2.45) is 5.92 Å². The molecular formula is C4H12NO3S-. The lowest BCUT2D eigenvalue weighted by Crippen LogP contribution is -2.03. The van der Waals surface area contributed by atoms with Crippen LogP contribution >= 0.6 is 0 Å². The van der Waals surface area contributed by atoms with Gasteiger partial charge in [0.25, 0.3) is 0 Å². The van der Waals surface area contributed by atoms with Gasteiger partial charge < -0.3 is 14.9 Å². The minimum Gasteiger partial charge on any atom is -0.750 e. The molecule has 0 heterocycles. The molecule has 0 bridgehead atoms. The molecule has 1 atom stereocenters. The average molecular weight is 154 g/mol. The summed E-state index contributed by atoms with van der Waals surface area (Å²) in [7, 11) is 0. The van der Waals surface area contributed by atoms with E-state index in [2.05, 4.69) is 4.18 Å². The summed E-state index contributed by atoms with van der Waals surface area (Å²) in [4.78, 5) is 0. The van der Waals surface area contributed by atoms with Crippen LogP contribution in [0.4, 0.5) is 0 Å². The Labute approximate surface area is 57.7 Å². The van der Waals surface area contributed by atoms with E-state index < -0.39 is 11.4 Å². The van der Waals surface area contributed by atoms with E-state index >= 15 is 0 Å². The Hall–Kier alpha value is 0.0300. The van der Waals surface area contributed by atoms with Gasteiger partial charge in [-0.1, -0.05) is 13.8 Å². The van der Waals surface area contributed by atoms with E-state index in [9.17, 15) is 8.76 Å². The van der Waals surface area contributed by atoms with Gasteiger partial charge >= 0.3 is 0 Å². The van der Waals surface area contributed by atoms with Crippen molar-refractivity contribution < 1.29 is 12.9 Å². The molecule has 0 aliphatic carbocycles. The van der Waals surface area contributed by atoms with Crippen molar-refractivity contribution in [3.05, 3.63) is 0 Å². The largest absolute Gasteiger partial charge is 0.750 e. The fraction of sp³-hybridized carbons (Fsp3) is 1.00. The molecule has 0 aromatic carbocycles. The third-order valence-corrected chi connectivity index (χ3v) is 0.826. The molecule has 5 heteroatoms. The Kier molecular flexibility index (Phi) is 8.06. The van der Waals surface area contributed by atoms with Crippen molar-refractivity contribution in [3.8, 4) is 0 Å². The molecule has 0 aliphatic heterocycles. The molecule has 0 aliphatic rings. The predicted molar refractivity (Wildman–Crippen MR) is 34.7 cm³/mol. The molecule has 0 amide bonds. The summed E-state index contributed by atoms with van der Waals surface area (Å²) in [5, 5.41) is 0. The summed E-state index contributed by atoms with van der Waals surface area (Å²) >= 11 is -2.34. The summed E-state index contributed by atoms with van der Waals surface area (Å²) in [6, 6.07) is 0. The highest BCUT2D eigenvalue weighted by Crippen LogP contribution is 1.92. The third-order valence-electron chi connectivity index (χ3n) is 0.498. The monoisotopic (exact) mass is 154 g/mol. The molecule has 58 valence electrons. The summed E-state index contributed by atoms with van der Waals surface area (Å²) in [6.07, 6.45) is 0. The molecule has 1 unspecified atom stereocenters. The standard InChI is InChI=1S/C4H10O3S.H3N/c1-4(2)3-7-8(5)6;/h4H,3H2,1-2H3,(H,5,6);1H3/p-1. The van der Waals surface area contributed by atoms with E-state index in [0.29, 0.717) is 0 Å². The summed E-state index contributed by atoms with van der Waals surface area (Å²) in [5.41, 5.74) is 0. The van der Waals surface area contributed by atoms with Crippen LogP contribution in [0.3, 0.4) is 0 Å². The average Bonchev–Trinajstić information content (AvgIpc) is 1.61. The summed E-state index contributed by atoms with van der Waals surface area (Å²) in [5.74, 6) is 0.271. The molecule has 0 rings (SSSR count). The first kappa shape index (κ1) is 11.8. The first-order valence-corrected chi connectivity index (χ1v) is 3.35.